The Kier molecular flexibility index (Phi) is 3.05. The Morgan fingerprint density at radius 3 is 2.75 bits per heavy atom. The number of pyridine rings is 1. The highest BCUT2D eigenvalue weighted by atomic mass is 35.5. The van der Waals surface area contributed by atoms with E-state index in [-0.39, 0.29) is 6.04 Å². The first-order chi connectivity index (χ1) is 7.46. The van der Waals surface area contributed by atoms with Gasteiger partial charge in [-0.1, -0.05) is 11.6 Å². The largest absolute Gasteiger partial charge is 0.299 e. The minimum absolute atomic E-state index is 0.0823. The van der Waals surface area contributed by atoms with Gasteiger partial charge in [0, 0.05) is 6.04 Å². The van der Waals surface area contributed by atoms with E-state index >= 15 is 0 Å². The molecule has 2 N–H and O–H groups in total. The van der Waals surface area contributed by atoms with E-state index in [2.05, 4.69) is 14.4 Å². The van der Waals surface area contributed by atoms with Crippen LogP contribution >= 0.6 is 11.6 Å². The van der Waals surface area contributed by atoms with E-state index in [0.29, 0.717) is 10.8 Å². The molecule has 1 aromatic heterocycles. The van der Waals surface area contributed by atoms with Crippen LogP contribution in [0.25, 0.3) is 0 Å². The predicted molar refractivity (Wildman–Crippen MR) is 62.7 cm³/mol. The lowest BCUT2D eigenvalue weighted by Crippen LogP contribution is -2.31. The van der Waals surface area contributed by atoms with Crippen LogP contribution in [0, 0.1) is 6.92 Å². The molecule has 1 aliphatic carbocycles. The van der Waals surface area contributed by atoms with Crippen LogP contribution < -0.4 is 9.44 Å². The molecule has 0 bridgehead atoms. The average molecular weight is 262 g/mol. The number of rotatable bonds is 4. The fourth-order valence-electron chi connectivity index (χ4n) is 1.22. The van der Waals surface area contributed by atoms with Crippen molar-refractivity contribution < 1.29 is 8.42 Å². The van der Waals surface area contributed by atoms with Crippen molar-refractivity contribution in [1.29, 1.82) is 0 Å². The third-order valence-corrected chi connectivity index (χ3v) is 3.71. The van der Waals surface area contributed by atoms with E-state index in [9.17, 15) is 8.42 Å². The molecule has 1 aromatic rings. The summed E-state index contributed by atoms with van der Waals surface area (Å²) in [4.78, 5) is 3.87. The van der Waals surface area contributed by atoms with Gasteiger partial charge < -0.3 is 0 Å². The lowest BCUT2D eigenvalue weighted by molar-refractivity contribution is 0.586. The molecule has 5 nitrogen and oxygen atoms in total. The van der Waals surface area contributed by atoms with E-state index < -0.39 is 10.2 Å². The molecule has 88 valence electrons. The first-order valence-electron chi connectivity index (χ1n) is 4.88. The summed E-state index contributed by atoms with van der Waals surface area (Å²) in [5, 5.41) is 0.373. The lowest BCUT2D eigenvalue weighted by Gasteiger charge is -2.08. The highest BCUT2D eigenvalue weighted by Gasteiger charge is 2.26. The molecule has 0 radical (unpaired) electrons. The van der Waals surface area contributed by atoms with Crippen LogP contribution in [0.3, 0.4) is 0 Å². The van der Waals surface area contributed by atoms with Crippen LogP contribution in [-0.2, 0) is 10.2 Å². The summed E-state index contributed by atoms with van der Waals surface area (Å²) in [5.74, 6) is 0. The van der Waals surface area contributed by atoms with Crippen LogP contribution in [0.15, 0.2) is 12.3 Å². The number of halogens is 1. The number of hydrogen-bond donors (Lipinski definition) is 2. The molecule has 1 fully saturated rings. The van der Waals surface area contributed by atoms with E-state index in [0.717, 1.165) is 18.4 Å². The van der Waals surface area contributed by atoms with Crippen molar-refractivity contribution in [1.82, 2.24) is 9.71 Å². The monoisotopic (exact) mass is 261 g/mol. The number of nitrogens with one attached hydrogen (secondary N) is 2. The molecule has 1 heterocycles. The molecule has 1 saturated carbocycles. The Labute approximate surface area is 99.4 Å². The summed E-state index contributed by atoms with van der Waals surface area (Å²) in [5.41, 5.74) is 1.14. The maximum atomic E-state index is 11.6. The third-order valence-electron chi connectivity index (χ3n) is 2.17. The third kappa shape index (κ3) is 3.07. The summed E-state index contributed by atoms with van der Waals surface area (Å²) in [7, 11) is -3.48. The molecule has 1 aliphatic rings. The number of nitrogens with zero attached hydrogens (tertiary/aromatic N) is 1. The van der Waals surface area contributed by atoms with Crippen LogP contribution in [0.1, 0.15) is 18.4 Å². The van der Waals surface area contributed by atoms with Crippen molar-refractivity contribution in [2.75, 3.05) is 4.72 Å². The van der Waals surface area contributed by atoms with E-state index in [1.165, 1.54) is 6.20 Å². The summed E-state index contributed by atoms with van der Waals surface area (Å²) < 4.78 is 28.0. The van der Waals surface area contributed by atoms with Crippen molar-refractivity contribution in [3.05, 3.63) is 23.0 Å². The standard InChI is InChI=1S/C9H12ClN3O2S/c1-6-4-8(5-11-9(6)10)13-16(14,15)12-7-2-3-7/h4-5,7,12-13H,2-3H2,1H3. The van der Waals surface area contributed by atoms with Gasteiger partial charge in [-0.2, -0.15) is 13.1 Å². The molecule has 16 heavy (non-hydrogen) atoms. The molecule has 2 rings (SSSR count). The first kappa shape index (κ1) is 11.6. The van der Waals surface area contributed by atoms with Crippen LogP contribution in [0.4, 0.5) is 5.69 Å². The van der Waals surface area contributed by atoms with Crippen molar-refractivity contribution in [2.45, 2.75) is 25.8 Å². The van der Waals surface area contributed by atoms with Crippen molar-refractivity contribution >= 4 is 27.5 Å². The highest BCUT2D eigenvalue weighted by molar-refractivity contribution is 7.90. The van der Waals surface area contributed by atoms with Crippen molar-refractivity contribution in [3.8, 4) is 0 Å². The topological polar surface area (TPSA) is 71.1 Å². The normalized spacial score (nSPS) is 16.1. The fraction of sp³-hybridized carbons (Fsp3) is 0.444. The molecule has 0 aromatic carbocycles. The van der Waals surface area contributed by atoms with Crippen LogP contribution in [0.2, 0.25) is 5.15 Å². The Morgan fingerprint density at radius 1 is 1.50 bits per heavy atom. The zero-order chi connectivity index (χ0) is 11.8. The van der Waals surface area contributed by atoms with Gasteiger partial charge >= 0.3 is 0 Å². The number of hydrogen-bond acceptors (Lipinski definition) is 3. The van der Waals surface area contributed by atoms with E-state index in [4.69, 9.17) is 11.6 Å². The molecule has 0 atom stereocenters. The van der Waals surface area contributed by atoms with E-state index in [1.54, 1.807) is 13.0 Å². The first-order valence-corrected chi connectivity index (χ1v) is 6.74. The summed E-state index contributed by atoms with van der Waals surface area (Å²) in [6.07, 6.45) is 3.19. The quantitative estimate of drug-likeness (QED) is 0.806. The van der Waals surface area contributed by atoms with Gasteiger partial charge in [0.1, 0.15) is 5.15 Å². The summed E-state index contributed by atoms with van der Waals surface area (Å²) >= 11 is 5.74. The minimum atomic E-state index is -3.48. The Morgan fingerprint density at radius 2 is 2.19 bits per heavy atom. The lowest BCUT2D eigenvalue weighted by atomic mass is 10.3. The molecule has 0 amide bonds. The van der Waals surface area contributed by atoms with Crippen molar-refractivity contribution in [3.63, 3.8) is 0 Å². The second kappa shape index (κ2) is 4.20. The maximum Gasteiger partial charge on any atom is 0.299 e. The van der Waals surface area contributed by atoms with Crippen molar-refractivity contribution in [2.24, 2.45) is 0 Å². The number of anilines is 1. The SMILES string of the molecule is Cc1cc(NS(=O)(=O)NC2CC2)cnc1Cl. The van der Waals surface area contributed by atoms with Gasteiger partial charge in [-0.3, -0.25) is 4.72 Å². The molecule has 0 saturated heterocycles. The van der Waals surface area contributed by atoms with Crippen LogP contribution in [-0.4, -0.2) is 19.4 Å². The molecule has 0 unspecified atom stereocenters. The van der Waals surface area contributed by atoms with Gasteiger partial charge in [0.15, 0.2) is 0 Å². The van der Waals surface area contributed by atoms with Gasteiger partial charge in [-0.25, -0.2) is 4.98 Å². The fourth-order valence-corrected chi connectivity index (χ4v) is 2.48. The molecule has 7 heteroatoms. The molecular weight excluding hydrogens is 250 g/mol. The average Bonchev–Trinajstić information content (AvgIpc) is 2.94. The zero-order valence-corrected chi connectivity index (χ0v) is 10.3. The van der Waals surface area contributed by atoms with Gasteiger partial charge in [-0.05, 0) is 31.4 Å². The summed E-state index contributed by atoms with van der Waals surface area (Å²) in [6.45, 7) is 1.77. The van der Waals surface area contributed by atoms with Crippen LogP contribution in [0.5, 0.6) is 0 Å². The second-order valence-electron chi connectivity index (χ2n) is 3.83. The zero-order valence-electron chi connectivity index (χ0n) is 8.70. The smallest absolute Gasteiger partial charge is 0.270 e. The maximum absolute atomic E-state index is 11.6. The van der Waals surface area contributed by atoms with Gasteiger partial charge in [0.25, 0.3) is 10.2 Å². The van der Waals surface area contributed by atoms with Gasteiger partial charge in [-0.15, -0.1) is 0 Å². The molecule has 0 aliphatic heterocycles. The van der Waals surface area contributed by atoms with Gasteiger partial charge in [0.2, 0.25) is 0 Å². The highest BCUT2D eigenvalue weighted by Crippen LogP contribution is 2.21. The predicted octanol–water partition coefficient (Wildman–Crippen LogP) is 1.45. The Bertz CT molecular complexity index is 499. The Hall–Kier alpha value is -0.850. The second-order valence-corrected chi connectivity index (χ2v) is 5.63. The number of aromatic nitrogens is 1. The van der Waals surface area contributed by atoms with Gasteiger partial charge in [0.05, 0.1) is 11.9 Å². The molecular formula is C9H12ClN3O2S. The molecule has 0 spiro atoms. The van der Waals surface area contributed by atoms with E-state index in [1.807, 2.05) is 0 Å². The Balaban J connectivity index is 2.10. The number of aryl methyl sites for hydroxylation is 1. The summed E-state index contributed by atoms with van der Waals surface area (Å²) in [6, 6.07) is 1.72. The minimum Gasteiger partial charge on any atom is -0.270 e.